The molecule has 1 heterocycles. The first-order valence-electron chi connectivity index (χ1n) is 12.5. The maximum atomic E-state index is 12.9. The van der Waals surface area contributed by atoms with Gasteiger partial charge in [-0.15, -0.1) is 0 Å². The Balaban J connectivity index is 3.57. The monoisotopic (exact) mass is 541 g/mol. The van der Waals surface area contributed by atoms with Crippen LogP contribution in [0.15, 0.2) is 5.11 Å². The van der Waals surface area contributed by atoms with Gasteiger partial charge in [0.05, 0.1) is 21.7 Å². The van der Waals surface area contributed by atoms with Crippen LogP contribution in [0, 0.1) is 21.7 Å². The standard InChI is InChI=1S/C26H43N3O9/c1-23(2,3)19(30)34-13-14(28-29-27)15-16(36-20(31)24(4,5)6)17(37-21(32)25(7,8)9)18(35-15)38-22(33)26(10,11)12/h14-18H,13H2,1-12H3/t14-,15?,16?,17?,18?/m1/s1. The summed E-state index contributed by atoms with van der Waals surface area (Å²) in [5.41, 5.74) is 5.54. The molecule has 0 bridgehead atoms. The number of rotatable bonds is 7. The van der Waals surface area contributed by atoms with Crippen molar-refractivity contribution in [3.05, 3.63) is 10.4 Å². The van der Waals surface area contributed by atoms with E-state index in [9.17, 15) is 24.7 Å². The summed E-state index contributed by atoms with van der Waals surface area (Å²) < 4.78 is 28.3. The van der Waals surface area contributed by atoms with E-state index in [-0.39, 0.29) is 0 Å². The third-order valence-electron chi connectivity index (χ3n) is 5.33. The molecule has 0 spiro atoms. The molecule has 12 nitrogen and oxygen atoms in total. The second kappa shape index (κ2) is 11.9. The third kappa shape index (κ3) is 9.16. The average molecular weight is 542 g/mol. The molecule has 0 saturated carbocycles. The van der Waals surface area contributed by atoms with E-state index in [4.69, 9.17) is 23.7 Å². The van der Waals surface area contributed by atoms with Crippen LogP contribution in [0.1, 0.15) is 83.1 Å². The fourth-order valence-electron chi connectivity index (χ4n) is 2.83. The molecule has 12 heteroatoms. The summed E-state index contributed by atoms with van der Waals surface area (Å²) in [7, 11) is 0. The SMILES string of the molecule is CC(C)(C)C(=O)OC[C@@H](N=[N+]=[N-])C1OC(OC(=O)C(C)(C)C)C(OC(=O)C(C)(C)C)C1OC(=O)C(C)(C)C. The van der Waals surface area contributed by atoms with Crippen molar-refractivity contribution in [1.82, 2.24) is 0 Å². The van der Waals surface area contributed by atoms with E-state index in [2.05, 4.69) is 10.0 Å². The van der Waals surface area contributed by atoms with Crippen molar-refractivity contribution in [3.63, 3.8) is 0 Å². The lowest BCUT2D eigenvalue weighted by Gasteiger charge is -2.30. The number of carbonyl (C=O) groups is 4. The second-order valence-corrected chi connectivity index (χ2v) is 13.5. The van der Waals surface area contributed by atoms with E-state index in [0.717, 1.165) is 0 Å². The first-order chi connectivity index (χ1) is 17.0. The predicted molar refractivity (Wildman–Crippen MR) is 136 cm³/mol. The molecule has 38 heavy (non-hydrogen) atoms. The van der Waals surface area contributed by atoms with Crippen molar-refractivity contribution in [2.45, 2.75) is 114 Å². The average Bonchev–Trinajstić information content (AvgIpc) is 3.04. The van der Waals surface area contributed by atoms with Gasteiger partial charge in [0.2, 0.25) is 12.4 Å². The Hall–Kier alpha value is -2.85. The molecule has 0 radical (unpaired) electrons. The summed E-state index contributed by atoms with van der Waals surface area (Å²) in [5, 5.41) is 3.71. The van der Waals surface area contributed by atoms with Gasteiger partial charge in [0.25, 0.3) is 0 Å². The smallest absolute Gasteiger partial charge is 0.313 e. The summed E-state index contributed by atoms with van der Waals surface area (Å²) in [4.78, 5) is 53.8. The fourth-order valence-corrected chi connectivity index (χ4v) is 2.83. The summed E-state index contributed by atoms with van der Waals surface area (Å²) in [6.07, 6.45) is -5.51. The van der Waals surface area contributed by atoms with E-state index in [1.165, 1.54) is 0 Å². The van der Waals surface area contributed by atoms with E-state index in [1.54, 1.807) is 83.1 Å². The maximum absolute atomic E-state index is 12.9. The van der Waals surface area contributed by atoms with Gasteiger partial charge in [-0.1, -0.05) is 5.11 Å². The summed E-state index contributed by atoms with van der Waals surface area (Å²) in [5.74, 6) is -2.56. The summed E-state index contributed by atoms with van der Waals surface area (Å²) in [6, 6.07) is -1.21. The number of esters is 4. The van der Waals surface area contributed by atoms with Gasteiger partial charge in [-0.05, 0) is 88.6 Å². The van der Waals surface area contributed by atoms with Crippen LogP contribution in [0.4, 0.5) is 0 Å². The number of hydrogen-bond donors (Lipinski definition) is 0. The number of ether oxygens (including phenoxy) is 5. The van der Waals surface area contributed by atoms with Gasteiger partial charge in [0.15, 0.2) is 6.10 Å². The lowest BCUT2D eigenvalue weighted by atomic mass is 9.95. The summed E-state index contributed by atoms with van der Waals surface area (Å²) >= 11 is 0. The van der Waals surface area contributed by atoms with Gasteiger partial charge in [-0.3, -0.25) is 19.2 Å². The zero-order chi connectivity index (χ0) is 29.9. The van der Waals surface area contributed by atoms with E-state index >= 15 is 0 Å². The quantitative estimate of drug-likeness (QED) is 0.148. The van der Waals surface area contributed by atoms with Crippen LogP contribution in [0.5, 0.6) is 0 Å². The minimum absolute atomic E-state index is 0.422. The highest BCUT2D eigenvalue weighted by molar-refractivity contribution is 5.78. The molecule has 1 aliphatic heterocycles. The maximum Gasteiger partial charge on any atom is 0.313 e. The van der Waals surface area contributed by atoms with Gasteiger partial charge in [0.1, 0.15) is 18.8 Å². The molecule has 1 aliphatic rings. The van der Waals surface area contributed by atoms with Crippen LogP contribution in [0.3, 0.4) is 0 Å². The van der Waals surface area contributed by atoms with E-state index in [0.29, 0.717) is 0 Å². The highest BCUT2D eigenvalue weighted by Crippen LogP contribution is 2.35. The molecule has 0 N–H and O–H groups in total. The minimum atomic E-state index is -1.49. The van der Waals surface area contributed by atoms with Crippen molar-refractivity contribution >= 4 is 23.9 Å². The van der Waals surface area contributed by atoms with Crippen LogP contribution < -0.4 is 0 Å². The van der Waals surface area contributed by atoms with Gasteiger partial charge in [-0.25, -0.2) is 0 Å². The third-order valence-corrected chi connectivity index (χ3v) is 5.33. The van der Waals surface area contributed by atoms with Crippen molar-refractivity contribution in [2.75, 3.05) is 6.61 Å². The molecule has 1 rings (SSSR count). The molecule has 4 unspecified atom stereocenters. The van der Waals surface area contributed by atoms with Crippen molar-refractivity contribution < 1.29 is 42.9 Å². The lowest BCUT2D eigenvalue weighted by molar-refractivity contribution is -0.207. The molecule has 0 aromatic carbocycles. The Morgan fingerprint density at radius 2 is 1.11 bits per heavy atom. The van der Waals surface area contributed by atoms with E-state index in [1.807, 2.05) is 0 Å². The second-order valence-electron chi connectivity index (χ2n) is 13.5. The minimum Gasteiger partial charge on any atom is -0.465 e. The highest BCUT2D eigenvalue weighted by Gasteiger charge is 2.56. The van der Waals surface area contributed by atoms with Crippen LogP contribution in [0.25, 0.3) is 10.4 Å². The molecule has 0 aromatic heterocycles. The number of nitrogens with zero attached hydrogens (tertiary/aromatic N) is 3. The fraction of sp³-hybridized carbons (Fsp3) is 0.846. The van der Waals surface area contributed by atoms with Crippen molar-refractivity contribution in [1.29, 1.82) is 0 Å². The zero-order valence-electron chi connectivity index (χ0n) is 24.6. The number of hydrogen-bond acceptors (Lipinski definition) is 10. The van der Waals surface area contributed by atoms with Gasteiger partial charge in [-0.2, -0.15) is 0 Å². The molecule has 0 aromatic rings. The topological polar surface area (TPSA) is 163 Å². The Morgan fingerprint density at radius 3 is 1.50 bits per heavy atom. The molecular weight excluding hydrogens is 498 g/mol. The largest absolute Gasteiger partial charge is 0.465 e. The zero-order valence-corrected chi connectivity index (χ0v) is 24.6. The van der Waals surface area contributed by atoms with Crippen LogP contribution in [-0.4, -0.2) is 61.1 Å². The van der Waals surface area contributed by atoms with Gasteiger partial charge >= 0.3 is 23.9 Å². The van der Waals surface area contributed by atoms with Crippen molar-refractivity contribution in [3.8, 4) is 0 Å². The molecule has 216 valence electrons. The predicted octanol–water partition coefficient (Wildman–Crippen LogP) is 4.48. The highest BCUT2D eigenvalue weighted by atomic mass is 16.7. The molecule has 1 fully saturated rings. The Labute approximate surface area is 224 Å². The lowest BCUT2D eigenvalue weighted by Crippen LogP contribution is -2.48. The first kappa shape index (κ1) is 33.2. The first-order valence-corrected chi connectivity index (χ1v) is 12.5. The van der Waals surface area contributed by atoms with Crippen molar-refractivity contribution in [2.24, 2.45) is 26.8 Å². The molecule has 0 amide bonds. The Morgan fingerprint density at radius 1 is 0.711 bits per heavy atom. The van der Waals surface area contributed by atoms with E-state index < -0.39 is 82.8 Å². The van der Waals surface area contributed by atoms with Crippen LogP contribution in [0.2, 0.25) is 0 Å². The molecular formula is C26H43N3O9. The normalized spacial score (nSPS) is 23.1. The molecule has 0 aliphatic carbocycles. The Bertz CT molecular complexity index is 945. The van der Waals surface area contributed by atoms with Crippen LogP contribution >= 0.6 is 0 Å². The molecule has 5 atom stereocenters. The van der Waals surface area contributed by atoms with Crippen LogP contribution in [-0.2, 0) is 42.9 Å². The van der Waals surface area contributed by atoms with Gasteiger partial charge in [0, 0.05) is 4.91 Å². The summed E-state index contributed by atoms with van der Waals surface area (Å²) in [6.45, 7) is 19.2. The molecule has 1 saturated heterocycles. The number of carbonyl (C=O) groups excluding carboxylic acids is 4. The number of azide groups is 1. The Kier molecular flexibility index (Phi) is 10.4. The van der Waals surface area contributed by atoms with Gasteiger partial charge < -0.3 is 23.7 Å².